The summed E-state index contributed by atoms with van der Waals surface area (Å²) in [5, 5.41) is 16.6. The lowest BCUT2D eigenvalue weighted by Crippen LogP contribution is -2.27. The molecule has 0 spiro atoms. The van der Waals surface area contributed by atoms with Crippen LogP contribution in [0.15, 0.2) is 30.3 Å². The Labute approximate surface area is 91.8 Å². The molecule has 82 valence electrons. The molecule has 1 atom stereocenters. The number of hydroxylamine groups is 2. The Morgan fingerprint density at radius 3 is 2.38 bits per heavy atom. The van der Waals surface area contributed by atoms with Gasteiger partial charge < -0.3 is 0 Å². The molecule has 1 aromatic carbocycles. The Morgan fingerprint density at radius 2 is 1.88 bits per heavy atom. The van der Waals surface area contributed by atoms with Crippen LogP contribution in [0.25, 0.3) is 0 Å². The van der Waals surface area contributed by atoms with E-state index in [4.69, 9.17) is 10.6 Å². The third kappa shape index (κ3) is 1.61. The van der Waals surface area contributed by atoms with Gasteiger partial charge >= 0.3 is 0 Å². The molecule has 0 aliphatic carbocycles. The number of hydrogen-bond acceptors (Lipinski definition) is 4. The Bertz CT molecular complexity index is 456. The average Bonchev–Trinajstić information content (AvgIpc) is 2.48. The van der Waals surface area contributed by atoms with Gasteiger partial charge in [0, 0.05) is 0 Å². The molecule has 2 N–H and O–H groups in total. The number of carbonyl (C=O) groups is 2. The smallest absolute Gasteiger partial charge is 0.299 e. The highest BCUT2D eigenvalue weighted by atomic mass is 16.5. The SMILES string of the molecule is N=C1C(=O)N(O)C(=O)C1Cc1ccccc1. The van der Waals surface area contributed by atoms with Crippen molar-refractivity contribution in [1.82, 2.24) is 5.06 Å². The maximum absolute atomic E-state index is 11.4. The monoisotopic (exact) mass is 218 g/mol. The van der Waals surface area contributed by atoms with Gasteiger partial charge in [0.2, 0.25) is 0 Å². The third-order valence-corrected chi connectivity index (χ3v) is 2.56. The maximum atomic E-state index is 11.4. The van der Waals surface area contributed by atoms with Crippen LogP contribution in [-0.4, -0.2) is 27.8 Å². The van der Waals surface area contributed by atoms with Crippen LogP contribution in [0.4, 0.5) is 0 Å². The van der Waals surface area contributed by atoms with Crippen LogP contribution in [-0.2, 0) is 16.0 Å². The van der Waals surface area contributed by atoms with Crippen LogP contribution in [0.5, 0.6) is 0 Å². The number of nitrogens with one attached hydrogen (secondary N) is 1. The lowest BCUT2D eigenvalue weighted by Gasteiger charge is -2.06. The van der Waals surface area contributed by atoms with E-state index in [1.54, 1.807) is 0 Å². The van der Waals surface area contributed by atoms with E-state index in [-0.39, 0.29) is 17.2 Å². The van der Waals surface area contributed by atoms with Crippen LogP contribution in [0, 0.1) is 11.3 Å². The third-order valence-electron chi connectivity index (χ3n) is 2.56. The summed E-state index contributed by atoms with van der Waals surface area (Å²) in [7, 11) is 0. The number of carbonyl (C=O) groups excluding carboxylic acids is 2. The molecule has 2 amide bonds. The first kappa shape index (κ1) is 10.5. The Morgan fingerprint density at radius 1 is 1.25 bits per heavy atom. The van der Waals surface area contributed by atoms with Gasteiger partial charge in [-0.1, -0.05) is 30.3 Å². The van der Waals surface area contributed by atoms with Crippen molar-refractivity contribution in [3.8, 4) is 0 Å². The second kappa shape index (κ2) is 3.86. The predicted molar refractivity (Wildman–Crippen MR) is 55.0 cm³/mol. The van der Waals surface area contributed by atoms with Gasteiger partial charge in [0.15, 0.2) is 0 Å². The quantitative estimate of drug-likeness (QED) is 0.564. The van der Waals surface area contributed by atoms with Gasteiger partial charge in [-0.3, -0.25) is 20.2 Å². The normalized spacial score (nSPS) is 20.7. The summed E-state index contributed by atoms with van der Waals surface area (Å²) in [6.45, 7) is 0. The molecule has 1 saturated heterocycles. The van der Waals surface area contributed by atoms with Crippen molar-refractivity contribution >= 4 is 17.5 Å². The number of nitrogens with zero attached hydrogens (tertiary/aromatic N) is 1. The van der Waals surface area contributed by atoms with Crippen molar-refractivity contribution in [2.24, 2.45) is 5.92 Å². The first-order valence-corrected chi connectivity index (χ1v) is 4.81. The predicted octanol–water partition coefficient (Wildman–Crippen LogP) is 0.623. The van der Waals surface area contributed by atoms with Crippen LogP contribution in [0.1, 0.15) is 5.56 Å². The van der Waals surface area contributed by atoms with Crippen molar-refractivity contribution in [3.05, 3.63) is 35.9 Å². The number of hydrogen-bond donors (Lipinski definition) is 2. The first-order valence-electron chi connectivity index (χ1n) is 4.81. The molecule has 1 fully saturated rings. The highest BCUT2D eigenvalue weighted by molar-refractivity contribution is 6.48. The number of amides is 2. The maximum Gasteiger partial charge on any atom is 0.299 e. The Kier molecular flexibility index (Phi) is 2.54. The highest BCUT2D eigenvalue weighted by Gasteiger charge is 2.43. The van der Waals surface area contributed by atoms with Gasteiger partial charge in [0.05, 0.1) is 5.92 Å². The average molecular weight is 218 g/mol. The molecule has 0 radical (unpaired) electrons. The van der Waals surface area contributed by atoms with E-state index in [0.717, 1.165) is 5.56 Å². The fraction of sp³-hybridized carbons (Fsp3) is 0.182. The van der Waals surface area contributed by atoms with Crippen molar-refractivity contribution < 1.29 is 14.8 Å². The van der Waals surface area contributed by atoms with Crippen LogP contribution >= 0.6 is 0 Å². The summed E-state index contributed by atoms with van der Waals surface area (Å²) in [6, 6.07) is 9.10. The standard InChI is InChI=1S/C11H10N2O3/c12-9-8(10(14)13(16)11(9)15)6-7-4-2-1-3-5-7/h1-5,8,12,16H,6H2. The molecule has 16 heavy (non-hydrogen) atoms. The minimum absolute atomic E-state index is 0.0237. The van der Waals surface area contributed by atoms with Crippen LogP contribution < -0.4 is 0 Å². The van der Waals surface area contributed by atoms with E-state index in [0.29, 0.717) is 0 Å². The van der Waals surface area contributed by atoms with Gasteiger partial charge in [-0.05, 0) is 12.0 Å². The van der Waals surface area contributed by atoms with Gasteiger partial charge in [-0.15, -0.1) is 0 Å². The second-order valence-electron chi connectivity index (χ2n) is 3.61. The van der Waals surface area contributed by atoms with Crippen molar-refractivity contribution in [2.45, 2.75) is 6.42 Å². The molecule has 1 heterocycles. The molecule has 5 heteroatoms. The van der Waals surface area contributed by atoms with Crippen LogP contribution in [0.2, 0.25) is 0 Å². The molecule has 1 aliphatic rings. The van der Waals surface area contributed by atoms with Gasteiger partial charge in [0.25, 0.3) is 11.8 Å². The minimum Gasteiger partial charge on any atom is -0.299 e. The summed E-state index contributed by atoms with van der Waals surface area (Å²) in [4.78, 5) is 22.6. The van der Waals surface area contributed by atoms with Crippen molar-refractivity contribution in [1.29, 1.82) is 5.41 Å². The van der Waals surface area contributed by atoms with Crippen LogP contribution in [0.3, 0.4) is 0 Å². The molecule has 0 aromatic heterocycles. The van der Waals surface area contributed by atoms with E-state index in [1.165, 1.54) is 0 Å². The van der Waals surface area contributed by atoms with Gasteiger partial charge in [0.1, 0.15) is 5.71 Å². The van der Waals surface area contributed by atoms with Crippen molar-refractivity contribution in [2.75, 3.05) is 0 Å². The van der Waals surface area contributed by atoms with E-state index in [9.17, 15) is 9.59 Å². The molecule has 1 aromatic rings. The Hall–Kier alpha value is -2.01. The number of benzene rings is 1. The fourth-order valence-corrected chi connectivity index (χ4v) is 1.67. The molecule has 5 nitrogen and oxygen atoms in total. The molecular formula is C11H10N2O3. The summed E-state index contributed by atoms with van der Waals surface area (Å²) in [5.41, 5.74) is 0.505. The lowest BCUT2D eigenvalue weighted by atomic mass is 9.96. The molecule has 1 aliphatic heterocycles. The molecule has 0 bridgehead atoms. The molecular weight excluding hydrogens is 208 g/mol. The first-order chi connectivity index (χ1) is 7.61. The summed E-state index contributed by atoms with van der Waals surface area (Å²) in [5.74, 6) is -2.51. The lowest BCUT2D eigenvalue weighted by molar-refractivity contribution is -0.171. The topological polar surface area (TPSA) is 81.5 Å². The highest BCUT2D eigenvalue weighted by Crippen LogP contribution is 2.19. The van der Waals surface area contributed by atoms with E-state index >= 15 is 0 Å². The van der Waals surface area contributed by atoms with Gasteiger partial charge in [-0.2, -0.15) is 5.06 Å². The van der Waals surface area contributed by atoms with Crippen molar-refractivity contribution in [3.63, 3.8) is 0 Å². The molecule has 0 saturated carbocycles. The second-order valence-corrected chi connectivity index (χ2v) is 3.61. The summed E-state index contributed by atoms with van der Waals surface area (Å²) in [6.07, 6.45) is 0.265. The fourth-order valence-electron chi connectivity index (χ4n) is 1.67. The van der Waals surface area contributed by atoms with Gasteiger partial charge in [-0.25, -0.2) is 0 Å². The zero-order valence-electron chi connectivity index (χ0n) is 8.38. The summed E-state index contributed by atoms with van der Waals surface area (Å²) >= 11 is 0. The number of imide groups is 1. The van der Waals surface area contributed by atoms with E-state index in [2.05, 4.69) is 0 Å². The zero-order valence-corrected chi connectivity index (χ0v) is 8.38. The van der Waals surface area contributed by atoms with E-state index in [1.807, 2.05) is 30.3 Å². The molecule has 1 unspecified atom stereocenters. The number of rotatable bonds is 2. The zero-order chi connectivity index (χ0) is 11.7. The Balaban J connectivity index is 2.21. The minimum atomic E-state index is -0.925. The van der Waals surface area contributed by atoms with E-state index < -0.39 is 17.7 Å². The largest absolute Gasteiger partial charge is 0.299 e. The summed E-state index contributed by atoms with van der Waals surface area (Å²) < 4.78 is 0. The molecule has 2 rings (SSSR count).